The van der Waals surface area contributed by atoms with E-state index in [0.29, 0.717) is 27.8 Å². The molecule has 0 amide bonds. The van der Waals surface area contributed by atoms with Crippen molar-refractivity contribution in [3.05, 3.63) is 53.1 Å². The lowest BCUT2D eigenvalue weighted by Crippen LogP contribution is -2.01. The highest BCUT2D eigenvalue weighted by atomic mass is 35.5. The summed E-state index contributed by atoms with van der Waals surface area (Å²) in [5, 5.41) is 7.97. The molecule has 0 spiro atoms. The van der Waals surface area contributed by atoms with Gasteiger partial charge in [-0.3, -0.25) is 0 Å². The maximum atomic E-state index is 11.9. The minimum atomic E-state index is -0.585. The monoisotopic (exact) mass is 390 g/mol. The Hall–Kier alpha value is -3.26. The predicted molar refractivity (Wildman–Crippen MR) is 95.4 cm³/mol. The van der Waals surface area contributed by atoms with E-state index in [9.17, 15) is 4.79 Å². The number of nitrogens with zero attached hydrogens (tertiary/aromatic N) is 2. The van der Waals surface area contributed by atoms with Crippen molar-refractivity contribution in [2.45, 2.75) is 6.61 Å². The van der Waals surface area contributed by atoms with Crippen molar-refractivity contribution in [1.29, 1.82) is 0 Å². The number of benzene rings is 1. The number of rotatable bonds is 7. The fourth-order valence-corrected chi connectivity index (χ4v) is 2.49. The summed E-state index contributed by atoms with van der Waals surface area (Å²) in [6.45, 7) is -0.163. The van der Waals surface area contributed by atoms with Crippen LogP contribution in [0.15, 0.2) is 45.4 Å². The van der Waals surface area contributed by atoms with E-state index in [2.05, 4.69) is 10.2 Å². The highest BCUT2D eigenvalue weighted by Crippen LogP contribution is 2.36. The molecule has 9 heteroatoms. The number of aromatic nitrogens is 2. The van der Waals surface area contributed by atoms with Crippen molar-refractivity contribution in [2.75, 3.05) is 14.2 Å². The predicted octanol–water partition coefficient (Wildman–Crippen LogP) is 3.76. The molecule has 0 N–H and O–H groups in total. The van der Waals surface area contributed by atoms with Gasteiger partial charge in [-0.2, -0.15) is 0 Å². The molecule has 3 rings (SSSR count). The minimum absolute atomic E-state index is 0.150. The largest absolute Gasteiger partial charge is 0.493 e. The highest BCUT2D eigenvalue weighted by molar-refractivity contribution is 6.32. The Morgan fingerprint density at radius 2 is 2.11 bits per heavy atom. The van der Waals surface area contributed by atoms with Crippen molar-refractivity contribution in [2.24, 2.45) is 0 Å². The van der Waals surface area contributed by atoms with Crippen LogP contribution in [-0.4, -0.2) is 30.4 Å². The number of hydrogen-bond acceptors (Lipinski definition) is 8. The molecule has 140 valence electrons. The van der Waals surface area contributed by atoms with E-state index in [-0.39, 0.29) is 18.4 Å². The van der Waals surface area contributed by atoms with Crippen molar-refractivity contribution in [3.8, 4) is 23.1 Å². The molecular formula is C18H15ClN2O6. The molecule has 2 heterocycles. The number of carbonyl (C=O) groups excluding carboxylic acids is 1. The molecule has 2 aromatic heterocycles. The minimum Gasteiger partial charge on any atom is -0.493 e. The van der Waals surface area contributed by atoms with Crippen LogP contribution in [0.3, 0.4) is 0 Å². The molecule has 27 heavy (non-hydrogen) atoms. The first-order valence-electron chi connectivity index (χ1n) is 7.73. The van der Waals surface area contributed by atoms with Gasteiger partial charge >= 0.3 is 5.97 Å². The van der Waals surface area contributed by atoms with Gasteiger partial charge in [-0.05, 0) is 35.9 Å². The molecule has 0 atom stereocenters. The van der Waals surface area contributed by atoms with Crippen LogP contribution in [0.4, 0.5) is 0 Å². The zero-order valence-electron chi connectivity index (χ0n) is 14.5. The van der Waals surface area contributed by atoms with E-state index in [1.165, 1.54) is 32.6 Å². The van der Waals surface area contributed by atoms with Crippen molar-refractivity contribution in [3.63, 3.8) is 0 Å². The second-order valence-corrected chi connectivity index (χ2v) is 5.56. The van der Waals surface area contributed by atoms with Gasteiger partial charge in [0.1, 0.15) is 0 Å². The first-order valence-corrected chi connectivity index (χ1v) is 8.11. The second-order valence-electron chi connectivity index (χ2n) is 5.16. The van der Waals surface area contributed by atoms with Crippen LogP contribution >= 0.6 is 11.6 Å². The molecule has 0 saturated heterocycles. The van der Waals surface area contributed by atoms with Crippen LogP contribution in [0.2, 0.25) is 5.02 Å². The van der Waals surface area contributed by atoms with Gasteiger partial charge in [-0.15, -0.1) is 10.2 Å². The summed E-state index contributed by atoms with van der Waals surface area (Å²) in [5.41, 5.74) is 0.646. The molecular weight excluding hydrogens is 376 g/mol. The number of hydrogen-bond donors (Lipinski definition) is 0. The second kappa shape index (κ2) is 8.41. The van der Waals surface area contributed by atoms with Gasteiger partial charge in [0.05, 0.1) is 25.5 Å². The van der Waals surface area contributed by atoms with Crippen LogP contribution in [0.25, 0.3) is 17.7 Å². The van der Waals surface area contributed by atoms with Gasteiger partial charge in [-0.25, -0.2) is 4.79 Å². The number of ether oxygens (including phenoxy) is 3. The van der Waals surface area contributed by atoms with Crippen LogP contribution in [0, 0.1) is 0 Å². The van der Waals surface area contributed by atoms with E-state index in [4.69, 9.17) is 34.6 Å². The molecule has 0 radical (unpaired) electrons. The fraction of sp³-hybridized carbons (Fsp3) is 0.167. The molecule has 8 nitrogen and oxygen atoms in total. The lowest BCUT2D eigenvalue weighted by atomic mass is 10.2. The number of carbonyl (C=O) groups is 1. The molecule has 0 saturated carbocycles. The maximum absolute atomic E-state index is 11.9. The molecule has 1 aromatic carbocycles. The maximum Gasteiger partial charge on any atom is 0.331 e. The summed E-state index contributed by atoms with van der Waals surface area (Å²) in [6, 6.07) is 6.70. The number of furan rings is 1. The molecule has 3 aromatic rings. The molecule has 0 aliphatic rings. The first kappa shape index (κ1) is 18.5. The molecule has 0 aliphatic heterocycles. The number of esters is 1. The van der Waals surface area contributed by atoms with E-state index < -0.39 is 5.97 Å². The average Bonchev–Trinajstić information content (AvgIpc) is 3.35. The third kappa shape index (κ3) is 4.48. The van der Waals surface area contributed by atoms with Crippen LogP contribution in [-0.2, 0) is 16.1 Å². The standard InChI is InChI=1S/C18H15ClN2O6/c1-23-14-9-11(8-12(19)17(14)24-2)5-6-16(22)26-10-15-20-21-18(27-15)13-4-3-7-25-13/h3-9H,10H2,1-2H3/b6-5+. The molecule has 0 fully saturated rings. The highest BCUT2D eigenvalue weighted by Gasteiger charge is 2.12. The van der Waals surface area contributed by atoms with Gasteiger partial charge in [0.15, 0.2) is 23.9 Å². The Kier molecular flexibility index (Phi) is 5.77. The van der Waals surface area contributed by atoms with Crippen molar-refractivity contribution < 1.29 is 27.8 Å². The zero-order valence-corrected chi connectivity index (χ0v) is 15.2. The summed E-state index contributed by atoms with van der Waals surface area (Å²) in [6.07, 6.45) is 4.28. The molecule has 0 aliphatic carbocycles. The topological polar surface area (TPSA) is 96.8 Å². The Labute approximate surface area is 159 Å². The van der Waals surface area contributed by atoms with Gasteiger partial charge in [-0.1, -0.05) is 11.6 Å². The van der Waals surface area contributed by atoms with Crippen LogP contribution in [0.1, 0.15) is 11.5 Å². The Morgan fingerprint density at radius 1 is 1.26 bits per heavy atom. The zero-order chi connectivity index (χ0) is 19.2. The first-order chi connectivity index (χ1) is 13.1. The van der Waals surface area contributed by atoms with Gasteiger partial charge in [0.2, 0.25) is 0 Å². The third-order valence-electron chi connectivity index (χ3n) is 3.40. The van der Waals surface area contributed by atoms with Gasteiger partial charge < -0.3 is 23.0 Å². The van der Waals surface area contributed by atoms with Crippen LogP contribution < -0.4 is 9.47 Å². The molecule has 0 bridgehead atoms. The summed E-state index contributed by atoms with van der Waals surface area (Å²) < 4.78 is 25.9. The Bertz CT molecular complexity index is 949. The summed E-state index contributed by atoms with van der Waals surface area (Å²) in [4.78, 5) is 11.9. The number of methoxy groups -OCH3 is 2. The van der Waals surface area contributed by atoms with Crippen LogP contribution in [0.5, 0.6) is 11.5 Å². The van der Waals surface area contributed by atoms with Gasteiger partial charge in [0.25, 0.3) is 11.8 Å². The normalized spacial score (nSPS) is 10.9. The van der Waals surface area contributed by atoms with Crippen molar-refractivity contribution >= 4 is 23.6 Å². The van der Waals surface area contributed by atoms with E-state index >= 15 is 0 Å². The molecule has 0 unspecified atom stereocenters. The lowest BCUT2D eigenvalue weighted by molar-refractivity contribution is -0.139. The summed E-state index contributed by atoms with van der Waals surface area (Å²) in [5.74, 6) is 1.08. The lowest BCUT2D eigenvalue weighted by Gasteiger charge is -2.10. The van der Waals surface area contributed by atoms with E-state index in [1.54, 1.807) is 24.3 Å². The average molecular weight is 391 g/mol. The Morgan fingerprint density at radius 3 is 2.81 bits per heavy atom. The van der Waals surface area contributed by atoms with E-state index in [0.717, 1.165) is 0 Å². The SMILES string of the molecule is COc1cc(/C=C/C(=O)OCc2nnc(-c3ccco3)o2)cc(Cl)c1OC. The van der Waals surface area contributed by atoms with Crippen molar-refractivity contribution in [1.82, 2.24) is 10.2 Å². The fourth-order valence-electron chi connectivity index (χ4n) is 2.19. The Balaban J connectivity index is 1.60. The summed E-state index contributed by atoms with van der Waals surface area (Å²) in [7, 11) is 2.99. The smallest absolute Gasteiger partial charge is 0.331 e. The summed E-state index contributed by atoms with van der Waals surface area (Å²) >= 11 is 6.12. The van der Waals surface area contributed by atoms with Gasteiger partial charge in [0, 0.05) is 6.08 Å². The third-order valence-corrected chi connectivity index (χ3v) is 3.69. The quantitative estimate of drug-likeness (QED) is 0.444. The number of halogens is 1. The van der Waals surface area contributed by atoms with E-state index in [1.807, 2.05) is 0 Å².